The molecule has 4 aromatic rings. The second kappa shape index (κ2) is 17.0. The Morgan fingerprint density at radius 2 is 0.963 bits per heavy atom. The molecule has 2 aliphatic rings. The zero-order valence-corrected chi connectivity index (χ0v) is 39.6. The van der Waals surface area contributed by atoms with Gasteiger partial charge in [0.2, 0.25) is 0 Å². The molecule has 6 rings (SSSR count). The summed E-state index contributed by atoms with van der Waals surface area (Å²) in [6.45, 7) is 33.3. The number of benzene rings is 4. The van der Waals surface area contributed by atoms with Crippen molar-refractivity contribution in [1.29, 1.82) is 0 Å². The molecule has 0 saturated carbocycles. The Balaban J connectivity index is 0.00000325. The summed E-state index contributed by atoms with van der Waals surface area (Å²) in [7, 11) is 0. The summed E-state index contributed by atoms with van der Waals surface area (Å²) in [6, 6.07) is 25.0. The van der Waals surface area contributed by atoms with Crippen molar-refractivity contribution in [2.45, 2.75) is 131 Å². The summed E-state index contributed by atoms with van der Waals surface area (Å²) < 4.78 is 4.15. The van der Waals surface area contributed by atoms with Gasteiger partial charge in [-0.05, 0) is 0 Å². The summed E-state index contributed by atoms with van der Waals surface area (Å²) in [5.41, 5.74) is 20.0. The van der Waals surface area contributed by atoms with Gasteiger partial charge in [-0.1, -0.05) is 0 Å². The maximum absolute atomic E-state index is 2.70. The van der Waals surface area contributed by atoms with Crippen LogP contribution in [0, 0.1) is 39.5 Å². The van der Waals surface area contributed by atoms with E-state index in [2.05, 4.69) is 176 Å². The van der Waals surface area contributed by atoms with Crippen molar-refractivity contribution >= 4 is 3.21 Å². The number of hydrogen-bond acceptors (Lipinski definition) is 0. The van der Waals surface area contributed by atoms with Crippen LogP contribution in [0.1, 0.15) is 137 Å². The van der Waals surface area contributed by atoms with E-state index in [4.69, 9.17) is 0 Å². The largest absolute Gasteiger partial charge is 1.00 e. The fourth-order valence-corrected chi connectivity index (χ4v) is 19.5. The van der Waals surface area contributed by atoms with E-state index < -0.39 is 21.3 Å². The first-order valence-corrected chi connectivity index (χ1v) is 23.8. The van der Waals surface area contributed by atoms with E-state index in [1.54, 1.807) is 14.4 Å². The number of rotatable bonds is 8. The molecule has 0 aromatic heterocycles. The molecule has 0 atom stereocenters. The Morgan fingerprint density at radius 1 is 0.574 bits per heavy atom. The van der Waals surface area contributed by atoms with Gasteiger partial charge in [-0.2, -0.15) is 0 Å². The van der Waals surface area contributed by atoms with E-state index >= 15 is 0 Å². The van der Waals surface area contributed by atoms with E-state index in [9.17, 15) is 0 Å². The van der Waals surface area contributed by atoms with Crippen molar-refractivity contribution in [2.75, 3.05) is 0 Å². The molecule has 0 nitrogen and oxygen atoms in total. The van der Waals surface area contributed by atoms with Crippen molar-refractivity contribution in [3.63, 3.8) is 0 Å². The van der Waals surface area contributed by atoms with Gasteiger partial charge < -0.3 is 24.8 Å². The first-order valence-electron chi connectivity index (χ1n) is 19.9. The second-order valence-corrected chi connectivity index (χ2v) is 26.0. The summed E-state index contributed by atoms with van der Waals surface area (Å²) in [4.78, 5) is 0. The van der Waals surface area contributed by atoms with E-state index in [1.807, 2.05) is 3.21 Å². The first kappa shape index (κ1) is 44.4. The smallest absolute Gasteiger partial charge is 1.00 e. The molecule has 0 unspecified atom stereocenters. The van der Waals surface area contributed by atoms with Gasteiger partial charge in [0.05, 0.1) is 0 Å². The predicted octanol–water partition coefficient (Wildman–Crippen LogP) is 8.65. The Morgan fingerprint density at radius 3 is 1.28 bits per heavy atom. The van der Waals surface area contributed by atoms with Crippen molar-refractivity contribution < 1.29 is 46.1 Å². The van der Waals surface area contributed by atoms with Crippen molar-refractivity contribution in [1.82, 2.24) is 0 Å². The maximum Gasteiger partial charge on any atom is -1.00 e. The minimum Gasteiger partial charge on any atom is -1.00 e. The average molecular weight is 839 g/mol. The number of hydrogen-bond donors (Lipinski definition) is 0. The van der Waals surface area contributed by atoms with Gasteiger partial charge in [-0.3, -0.25) is 0 Å². The molecular formula is C51H64Cl2Zr. The summed E-state index contributed by atoms with van der Waals surface area (Å²) in [5, 5.41) is 0. The molecule has 0 fully saturated rings. The third-order valence-corrected chi connectivity index (χ3v) is 19.5. The third kappa shape index (κ3) is 9.28. The molecule has 0 bridgehead atoms. The molecule has 0 radical (unpaired) electrons. The standard InChI is InChI=1S/C37H41.C9H18.C5H5.2ClH.Zr/c1-22-11-23(2)14-26(13-22)32-18-28-17-29-19-33(27-15-24(3)12-25(4)16-27)35(37(8,9)10)21-31(29)30(28)20-34(32)36(5,6)7;1-8(2)6-5-7-9(3)4;1-2-4-5-3-1;;;/h11-21H,1-10H3;8-9H,6-7H2,1-4H3;1-3H,4H2;2*1H;/q;;;;;+2/p-2. The molecule has 0 saturated heterocycles. The first-order chi connectivity index (χ1) is 24.3. The quantitative estimate of drug-likeness (QED) is 0.167. The molecular weight excluding hydrogens is 775 g/mol. The van der Waals surface area contributed by atoms with Gasteiger partial charge in [-0.25, -0.2) is 0 Å². The third-order valence-electron chi connectivity index (χ3n) is 11.1. The number of fused-ring (bicyclic) bond motifs is 3. The Bertz CT molecular complexity index is 1950. The molecule has 54 heavy (non-hydrogen) atoms. The molecule has 286 valence electrons. The van der Waals surface area contributed by atoms with E-state index in [0.717, 1.165) is 6.42 Å². The fourth-order valence-electron chi connectivity index (χ4n) is 9.19. The van der Waals surface area contributed by atoms with Crippen molar-refractivity contribution in [3.05, 3.63) is 127 Å². The van der Waals surface area contributed by atoms with Crippen LogP contribution in [0.25, 0.3) is 33.4 Å². The number of halogens is 2. The maximum atomic E-state index is 2.70. The van der Waals surface area contributed by atoms with Crippen LogP contribution in [0.5, 0.6) is 0 Å². The van der Waals surface area contributed by atoms with Crippen LogP contribution < -0.4 is 24.8 Å². The number of allylic oxidation sites excluding steroid dienone is 4. The van der Waals surface area contributed by atoms with Crippen LogP contribution in [0.3, 0.4) is 0 Å². The van der Waals surface area contributed by atoms with E-state index in [-0.39, 0.29) is 35.6 Å². The molecule has 2 aliphatic carbocycles. The zero-order chi connectivity index (χ0) is 37.9. The molecule has 0 heterocycles. The molecule has 0 spiro atoms. The zero-order valence-electron chi connectivity index (χ0n) is 35.6. The number of aryl methyl sites for hydroxylation is 4. The van der Waals surface area contributed by atoms with Gasteiger partial charge in [0.25, 0.3) is 0 Å². The van der Waals surface area contributed by atoms with Crippen LogP contribution in [-0.2, 0) is 32.1 Å². The van der Waals surface area contributed by atoms with Crippen LogP contribution in [0.15, 0.2) is 82.2 Å². The normalized spacial score (nSPS) is 13.6. The Kier molecular flexibility index (Phi) is 14.0. The Labute approximate surface area is 349 Å². The summed E-state index contributed by atoms with van der Waals surface area (Å²) in [6.07, 6.45) is 11.0. The van der Waals surface area contributed by atoms with Crippen LogP contribution in [0.2, 0.25) is 0 Å². The van der Waals surface area contributed by atoms with Gasteiger partial charge in [0.15, 0.2) is 0 Å². The second-order valence-electron chi connectivity index (χ2n) is 19.2. The molecule has 3 heteroatoms. The van der Waals surface area contributed by atoms with Gasteiger partial charge >= 0.3 is 327 Å². The van der Waals surface area contributed by atoms with Crippen LogP contribution >= 0.6 is 0 Å². The van der Waals surface area contributed by atoms with E-state index in [0.29, 0.717) is 15.5 Å². The molecule has 4 aromatic carbocycles. The fraction of sp³-hybridized carbons (Fsp3) is 0.431. The van der Waals surface area contributed by atoms with E-state index in [1.165, 1.54) is 79.6 Å². The minimum absolute atomic E-state index is 0. The predicted molar refractivity (Wildman–Crippen MR) is 227 cm³/mol. The van der Waals surface area contributed by atoms with Crippen LogP contribution in [-0.4, -0.2) is 3.21 Å². The molecule has 0 N–H and O–H groups in total. The molecule has 0 aliphatic heterocycles. The summed E-state index contributed by atoms with van der Waals surface area (Å²) >= 11 is -2.56. The van der Waals surface area contributed by atoms with Gasteiger partial charge in [0.1, 0.15) is 0 Å². The average Bonchev–Trinajstić information content (AvgIpc) is 3.64. The van der Waals surface area contributed by atoms with Crippen LogP contribution in [0.4, 0.5) is 0 Å². The monoisotopic (exact) mass is 836 g/mol. The van der Waals surface area contributed by atoms with Crippen molar-refractivity contribution in [3.8, 4) is 33.4 Å². The molecule has 0 amide bonds. The van der Waals surface area contributed by atoms with Gasteiger partial charge in [-0.15, -0.1) is 0 Å². The van der Waals surface area contributed by atoms with Crippen molar-refractivity contribution in [2.24, 2.45) is 11.8 Å². The Hall–Kier alpha value is -2.31. The SMILES string of the molecule is Cc1cc(C)cc(-c2cc3c(cc2C(C)(C)C)-c2cc(C(C)(C)C)c(-c4cc(C)cc(C)c4)cc2[CH]3[Zr+2]([C]2=CC=CC2)=[C](CC(C)C)CC(C)C)c1.[Cl-].[Cl-]. The minimum atomic E-state index is -2.56. The van der Waals surface area contributed by atoms with Gasteiger partial charge in [0, 0.05) is 0 Å². The summed E-state index contributed by atoms with van der Waals surface area (Å²) in [5.74, 6) is 1.31. The topological polar surface area (TPSA) is 0 Å².